The van der Waals surface area contributed by atoms with Crippen LogP contribution in [0.4, 0.5) is 0 Å². The van der Waals surface area contributed by atoms with Crippen LogP contribution in [0, 0.1) is 0 Å². The van der Waals surface area contributed by atoms with Crippen molar-refractivity contribution >= 4 is 12.2 Å². The molecule has 0 radical (unpaired) electrons. The number of benzene rings is 1. The minimum absolute atomic E-state index is 0.118. The fourth-order valence-electron chi connectivity index (χ4n) is 1.48. The smallest absolute Gasteiger partial charge is 0.0718 e. The Morgan fingerprint density at radius 3 is 2.35 bits per heavy atom. The molecule has 0 spiro atoms. The zero-order valence-electron chi connectivity index (χ0n) is 11.3. The van der Waals surface area contributed by atoms with E-state index in [1.54, 1.807) is 0 Å². The van der Waals surface area contributed by atoms with Crippen LogP contribution >= 0.6 is 0 Å². The minimum Gasteiger partial charge on any atom is -0.371 e. The molecule has 0 saturated heterocycles. The van der Waals surface area contributed by atoms with Gasteiger partial charge in [-0.3, -0.25) is 0 Å². The fraction of sp³-hybridized carbons (Fsp3) is 0.375. The van der Waals surface area contributed by atoms with Crippen LogP contribution in [0.2, 0.25) is 0 Å². The highest BCUT2D eigenvalue weighted by molar-refractivity contribution is 5.46. The number of hydrogen-bond donors (Lipinski definition) is 0. The second kappa shape index (κ2) is 5.83. The van der Waals surface area contributed by atoms with Crippen molar-refractivity contribution in [1.29, 1.82) is 0 Å². The Bertz CT molecular complexity index is 489. The normalized spacial score (nSPS) is 14.1. The van der Waals surface area contributed by atoms with Gasteiger partial charge >= 0.3 is 0 Å². The topological polar surface area (TPSA) is 9.23 Å². The number of rotatable bonds is 3. The summed E-state index contributed by atoms with van der Waals surface area (Å²) in [5.41, 5.74) is 0.877. The van der Waals surface area contributed by atoms with E-state index in [2.05, 4.69) is 30.9 Å². The van der Waals surface area contributed by atoms with E-state index in [1.165, 1.54) is 10.4 Å². The lowest BCUT2D eigenvalue weighted by molar-refractivity contribution is 0.0129. The maximum absolute atomic E-state index is 5.70. The maximum Gasteiger partial charge on any atom is 0.0718 e. The maximum atomic E-state index is 5.70. The molecule has 0 fully saturated rings. The Kier molecular flexibility index (Phi) is 4.71. The number of hydrogen-bond acceptors (Lipinski definition) is 1. The molecular weight excluding hydrogens is 208 g/mol. The third-order valence-corrected chi connectivity index (χ3v) is 2.36. The third-order valence-electron chi connectivity index (χ3n) is 2.36. The van der Waals surface area contributed by atoms with Crippen molar-refractivity contribution in [2.45, 2.75) is 33.3 Å². The van der Waals surface area contributed by atoms with Crippen LogP contribution in [-0.2, 0) is 4.74 Å². The van der Waals surface area contributed by atoms with Gasteiger partial charge in [-0.15, -0.1) is 0 Å². The van der Waals surface area contributed by atoms with Crippen LogP contribution in [-0.4, -0.2) is 12.2 Å². The molecular formula is C16H22O. The molecule has 0 bridgehead atoms. The van der Waals surface area contributed by atoms with Gasteiger partial charge in [0.25, 0.3) is 0 Å². The Balaban J connectivity index is 2.86. The Labute approximate surface area is 104 Å². The third kappa shape index (κ3) is 5.01. The minimum atomic E-state index is -0.118. The Morgan fingerprint density at radius 2 is 1.82 bits per heavy atom. The van der Waals surface area contributed by atoms with E-state index in [0.717, 1.165) is 5.57 Å². The molecule has 0 aliphatic heterocycles. The quantitative estimate of drug-likeness (QED) is 0.775. The van der Waals surface area contributed by atoms with Crippen LogP contribution in [0.3, 0.4) is 0 Å². The van der Waals surface area contributed by atoms with E-state index in [9.17, 15) is 0 Å². The van der Waals surface area contributed by atoms with Crippen LogP contribution in [0.1, 0.15) is 27.7 Å². The van der Waals surface area contributed by atoms with Gasteiger partial charge < -0.3 is 4.74 Å². The molecule has 0 aliphatic rings. The van der Waals surface area contributed by atoms with E-state index in [1.807, 2.05) is 39.8 Å². The summed E-state index contributed by atoms with van der Waals surface area (Å²) in [6, 6.07) is 8.28. The van der Waals surface area contributed by atoms with Gasteiger partial charge in [-0.1, -0.05) is 36.9 Å². The van der Waals surface area contributed by atoms with E-state index >= 15 is 0 Å². The lowest BCUT2D eigenvalue weighted by Crippen LogP contribution is -2.24. The molecule has 92 valence electrons. The van der Waals surface area contributed by atoms with Crippen molar-refractivity contribution in [3.8, 4) is 0 Å². The first-order valence-corrected chi connectivity index (χ1v) is 5.97. The van der Waals surface area contributed by atoms with E-state index in [4.69, 9.17) is 4.74 Å². The van der Waals surface area contributed by atoms with Crippen molar-refractivity contribution in [3.05, 3.63) is 46.9 Å². The second-order valence-corrected chi connectivity index (χ2v) is 5.12. The average Bonchev–Trinajstić information content (AvgIpc) is 2.26. The van der Waals surface area contributed by atoms with E-state index < -0.39 is 0 Å². The predicted octanol–water partition coefficient (Wildman–Crippen LogP) is 2.64. The van der Waals surface area contributed by atoms with Gasteiger partial charge in [0.05, 0.1) is 12.2 Å². The zero-order chi connectivity index (χ0) is 12.9. The molecule has 17 heavy (non-hydrogen) atoms. The predicted molar refractivity (Wildman–Crippen MR) is 75.1 cm³/mol. The molecule has 0 atom stereocenters. The summed E-state index contributed by atoms with van der Waals surface area (Å²) in [5, 5.41) is 2.42. The Morgan fingerprint density at radius 1 is 1.24 bits per heavy atom. The van der Waals surface area contributed by atoms with Crippen LogP contribution < -0.4 is 10.4 Å². The molecule has 1 aromatic rings. The monoisotopic (exact) mass is 230 g/mol. The van der Waals surface area contributed by atoms with E-state index in [-0.39, 0.29) is 5.60 Å². The summed E-state index contributed by atoms with van der Waals surface area (Å²) in [7, 11) is 0. The molecule has 1 nitrogen and oxygen atoms in total. The van der Waals surface area contributed by atoms with E-state index in [0.29, 0.717) is 6.61 Å². The van der Waals surface area contributed by atoms with Gasteiger partial charge in [0.2, 0.25) is 0 Å². The summed E-state index contributed by atoms with van der Waals surface area (Å²) >= 11 is 0. The van der Waals surface area contributed by atoms with Gasteiger partial charge in [-0.05, 0) is 49.8 Å². The van der Waals surface area contributed by atoms with Crippen molar-refractivity contribution in [2.24, 2.45) is 0 Å². The molecule has 0 aromatic heterocycles. The summed E-state index contributed by atoms with van der Waals surface area (Å²) < 4.78 is 5.70. The molecule has 0 amide bonds. The van der Waals surface area contributed by atoms with Crippen LogP contribution in [0.5, 0.6) is 0 Å². The first-order chi connectivity index (χ1) is 7.92. The Hall–Kier alpha value is -1.34. The summed E-state index contributed by atoms with van der Waals surface area (Å²) in [5.74, 6) is 0. The molecule has 1 aromatic carbocycles. The fourth-order valence-corrected chi connectivity index (χ4v) is 1.48. The van der Waals surface area contributed by atoms with Gasteiger partial charge in [0.1, 0.15) is 0 Å². The summed E-state index contributed by atoms with van der Waals surface area (Å²) in [6.07, 6.45) is 4.19. The lowest BCUT2D eigenvalue weighted by atomic mass is 10.1. The number of ether oxygens (including phenoxy) is 1. The van der Waals surface area contributed by atoms with Crippen LogP contribution in [0.15, 0.2) is 36.4 Å². The highest BCUT2D eigenvalue weighted by Gasteiger charge is 2.09. The second-order valence-electron chi connectivity index (χ2n) is 5.12. The molecule has 0 saturated carbocycles. The first-order valence-electron chi connectivity index (χ1n) is 5.97. The molecule has 1 heteroatoms. The standard InChI is InChI=1S/C16H22O/c1-6-14-9-7-8-10-15(14)11-13(2)12-17-16(3,4)5/h6-11H,2,12H2,1,3-5H3/b14-6-,15-11-. The first kappa shape index (κ1) is 13.7. The van der Waals surface area contributed by atoms with Crippen LogP contribution in [0.25, 0.3) is 12.2 Å². The van der Waals surface area contributed by atoms with Gasteiger partial charge in [-0.25, -0.2) is 0 Å². The largest absolute Gasteiger partial charge is 0.371 e. The molecule has 0 unspecified atom stereocenters. The molecule has 0 aliphatic carbocycles. The summed E-state index contributed by atoms with van der Waals surface area (Å²) in [4.78, 5) is 0. The highest BCUT2D eigenvalue weighted by atomic mass is 16.5. The SMILES string of the molecule is C=C(/C=c1/cccc/c1=C/C)COC(C)(C)C. The molecule has 0 heterocycles. The van der Waals surface area contributed by atoms with Crippen molar-refractivity contribution in [3.63, 3.8) is 0 Å². The average molecular weight is 230 g/mol. The summed E-state index contributed by atoms with van der Waals surface area (Å²) in [6.45, 7) is 12.8. The zero-order valence-corrected chi connectivity index (χ0v) is 11.3. The highest BCUT2D eigenvalue weighted by Crippen LogP contribution is 2.08. The van der Waals surface area contributed by atoms with Crippen molar-refractivity contribution < 1.29 is 4.74 Å². The van der Waals surface area contributed by atoms with Crippen molar-refractivity contribution in [1.82, 2.24) is 0 Å². The van der Waals surface area contributed by atoms with Crippen molar-refractivity contribution in [2.75, 3.05) is 6.61 Å². The lowest BCUT2D eigenvalue weighted by Gasteiger charge is -2.19. The molecule has 0 N–H and O–H groups in total. The molecule has 1 rings (SSSR count). The van der Waals surface area contributed by atoms with Gasteiger partial charge in [0, 0.05) is 0 Å². The van der Waals surface area contributed by atoms with Gasteiger partial charge in [-0.2, -0.15) is 0 Å². The van der Waals surface area contributed by atoms with Gasteiger partial charge in [0.15, 0.2) is 0 Å².